The van der Waals surface area contributed by atoms with E-state index in [2.05, 4.69) is 9.97 Å². The SMILES string of the molecule is COc1ccc(Cc2nc3cc(OC)c(OC)cc3[nH]2)cc1OC. The zero-order valence-corrected chi connectivity index (χ0v) is 14.2. The lowest BCUT2D eigenvalue weighted by atomic mass is 10.1. The van der Waals surface area contributed by atoms with Gasteiger partial charge in [0.15, 0.2) is 23.0 Å². The first kappa shape index (κ1) is 16.0. The molecule has 0 bridgehead atoms. The predicted molar refractivity (Wildman–Crippen MR) is 91.5 cm³/mol. The van der Waals surface area contributed by atoms with Crippen LogP contribution < -0.4 is 18.9 Å². The number of aromatic amines is 1. The summed E-state index contributed by atoms with van der Waals surface area (Å²) < 4.78 is 21.3. The quantitative estimate of drug-likeness (QED) is 0.753. The summed E-state index contributed by atoms with van der Waals surface area (Å²) in [6.45, 7) is 0. The van der Waals surface area contributed by atoms with E-state index in [4.69, 9.17) is 18.9 Å². The van der Waals surface area contributed by atoms with Crippen molar-refractivity contribution in [1.82, 2.24) is 9.97 Å². The number of aromatic nitrogens is 2. The van der Waals surface area contributed by atoms with Crippen LogP contribution in [0.5, 0.6) is 23.0 Å². The zero-order valence-electron chi connectivity index (χ0n) is 14.2. The van der Waals surface area contributed by atoms with E-state index in [1.54, 1.807) is 28.4 Å². The minimum Gasteiger partial charge on any atom is -0.493 e. The number of rotatable bonds is 6. The van der Waals surface area contributed by atoms with Gasteiger partial charge in [-0.15, -0.1) is 0 Å². The lowest BCUT2D eigenvalue weighted by Gasteiger charge is -2.08. The highest BCUT2D eigenvalue weighted by Gasteiger charge is 2.11. The largest absolute Gasteiger partial charge is 0.493 e. The molecular weight excluding hydrogens is 308 g/mol. The smallest absolute Gasteiger partial charge is 0.163 e. The molecule has 0 unspecified atom stereocenters. The molecular formula is C18H20N2O4. The second-order valence-electron chi connectivity index (χ2n) is 5.27. The molecule has 0 fully saturated rings. The predicted octanol–water partition coefficient (Wildman–Crippen LogP) is 3.19. The number of nitrogens with one attached hydrogen (secondary N) is 1. The van der Waals surface area contributed by atoms with E-state index in [9.17, 15) is 0 Å². The van der Waals surface area contributed by atoms with Crippen molar-refractivity contribution in [3.8, 4) is 23.0 Å². The molecule has 0 spiro atoms. The van der Waals surface area contributed by atoms with Crippen LogP contribution >= 0.6 is 0 Å². The average Bonchev–Trinajstić information content (AvgIpc) is 3.01. The monoisotopic (exact) mass is 328 g/mol. The number of H-pyrrole nitrogens is 1. The Bertz CT molecular complexity index is 817. The number of hydrogen-bond donors (Lipinski definition) is 1. The van der Waals surface area contributed by atoms with Crippen molar-refractivity contribution in [2.45, 2.75) is 6.42 Å². The molecule has 3 rings (SSSR count). The number of benzene rings is 2. The fourth-order valence-corrected chi connectivity index (χ4v) is 2.66. The average molecular weight is 328 g/mol. The standard InChI is InChI=1S/C18H20N2O4/c1-21-14-6-5-11(7-15(14)22-2)8-18-19-12-9-16(23-3)17(24-4)10-13(12)20-18/h5-7,9-10H,8H2,1-4H3,(H,19,20). The van der Waals surface area contributed by atoms with E-state index < -0.39 is 0 Å². The molecule has 2 aromatic carbocycles. The van der Waals surface area contributed by atoms with Crippen LogP contribution in [-0.4, -0.2) is 38.4 Å². The third-order valence-corrected chi connectivity index (χ3v) is 3.86. The van der Waals surface area contributed by atoms with Gasteiger partial charge in [-0.25, -0.2) is 4.98 Å². The van der Waals surface area contributed by atoms with Gasteiger partial charge in [-0.1, -0.05) is 6.07 Å². The Morgan fingerprint density at radius 2 is 1.42 bits per heavy atom. The molecule has 0 aliphatic carbocycles. The van der Waals surface area contributed by atoms with Gasteiger partial charge in [0, 0.05) is 18.6 Å². The minimum atomic E-state index is 0.652. The van der Waals surface area contributed by atoms with Crippen LogP contribution in [0.25, 0.3) is 11.0 Å². The van der Waals surface area contributed by atoms with E-state index in [-0.39, 0.29) is 0 Å². The lowest BCUT2D eigenvalue weighted by Crippen LogP contribution is -1.94. The second-order valence-corrected chi connectivity index (χ2v) is 5.27. The molecule has 0 atom stereocenters. The summed E-state index contributed by atoms with van der Waals surface area (Å²) in [6, 6.07) is 9.59. The lowest BCUT2D eigenvalue weighted by molar-refractivity contribution is 0.354. The van der Waals surface area contributed by atoms with E-state index in [1.807, 2.05) is 30.3 Å². The van der Waals surface area contributed by atoms with Crippen LogP contribution in [-0.2, 0) is 6.42 Å². The number of ether oxygens (including phenoxy) is 4. The molecule has 0 aliphatic heterocycles. The molecule has 0 saturated carbocycles. The van der Waals surface area contributed by atoms with E-state index in [1.165, 1.54) is 0 Å². The first-order valence-corrected chi connectivity index (χ1v) is 7.50. The molecule has 0 aliphatic rings. The maximum absolute atomic E-state index is 5.35. The van der Waals surface area contributed by atoms with Crippen molar-refractivity contribution in [3.63, 3.8) is 0 Å². The van der Waals surface area contributed by atoms with Crippen LogP contribution in [0.4, 0.5) is 0 Å². The minimum absolute atomic E-state index is 0.652. The highest BCUT2D eigenvalue weighted by atomic mass is 16.5. The summed E-state index contributed by atoms with van der Waals surface area (Å²) in [5.41, 5.74) is 2.82. The summed E-state index contributed by atoms with van der Waals surface area (Å²) in [7, 11) is 6.48. The summed E-state index contributed by atoms with van der Waals surface area (Å²) >= 11 is 0. The van der Waals surface area contributed by atoms with Crippen molar-refractivity contribution in [2.75, 3.05) is 28.4 Å². The van der Waals surface area contributed by atoms with Crippen LogP contribution in [0.15, 0.2) is 30.3 Å². The zero-order chi connectivity index (χ0) is 17.1. The van der Waals surface area contributed by atoms with Gasteiger partial charge >= 0.3 is 0 Å². The molecule has 24 heavy (non-hydrogen) atoms. The molecule has 0 amide bonds. The number of methoxy groups -OCH3 is 4. The summed E-state index contributed by atoms with van der Waals surface area (Å²) in [5.74, 6) is 3.60. The molecule has 0 saturated heterocycles. The molecule has 1 aromatic heterocycles. The first-order valence-electron chi connectivity index (χ1n) is 7.50. The number of nitrogens with zero attached hydrogens (tertiary/aromatic N) is 1. The van der Waals surface area contributed by atoms with E-state index >= 15 is 0 Å². The summed E-state index contributed by atoms with van der Waals surface area (Å²) in [5, 5.41) is 0. The molecule has 0 radical (unpaired) electrons. The van der Waals surface area contributed by atoms with Gasteiger partial charge in [0.2, 0.25) is 0 Å². The summed E-state index contributed by atoms with van der Waals surface area (Å²) in [4.78, 5) is 7.94. The number of hydrogen-bond acceptors (Lipinski definition) is 5. The van der Waals surface area contributed by atoms with Crippen molar-refractivity contribution in [1.29, 1.82) is 0 Å². The molecule has 6 heteroatoms. The maximum Gasteiger partial charge on any atom is 0.163 e. The highest BCUT2D eigenvalue weighted by Crippen LogP contribution is 2.32. The Morgan fingerprint density at radius 1 is 0.792 bits per heavy atom. The molecule has 1 heterocycles. The molecule has 6 nitrogen and oxygen atoms in total. The molecule has 1 N–H and O–H groups in total. The van der Waals surface area contributed by atoms with Crippen LogP contribution in [0.1, 0.15) is 11.4 Å². The van der Waals surface area contributed by atoms with Gasteiger partial charge < -0.3 is 23.9 Å². The first-order chi connectivity index (χ1) is 11.7. The van der Waals surface area contributed by atoms with Gasteiger partial charge in [0.25, 0.3) is 0 Å². The van der Waals surface area contributed by atoms with Crippen LogP contribution in [0.3, 0.4) is 0 Å². The maximum atomic E-state index is 5.35. The Labute approximate surface area is 140 Å². The van der Waals surface area contributed by atoms with Crippen molar-refractivity contribution in [2.24, 2.45) is 0 Å². The third kappa shape index (κ3) is 2.95. The third-order valence-electron chi connectivity index (χ3n) is 3.86. The van der Waals surface area contributed by atoms with Gasteiger partial charge in [0.1, 0.15) is 5.82 Å². The Kier molecular flexibility index (Phi) is 4.46. The van der Waals surface area contributed by atoms with Crippen molar-refractivity contribution in [3.05, 3.63) is 41.7 Å². The normalized spacial score (nSPS) is 10.7. The fraction of sp³-hybridized carbons (Fsp3) is 0.278. The van der Waals surface area contributed by atoms with Gasteiger partial charge in [0.05, 0.1) is 39.5 Å². The number of imidazole rings is 1. The Balaban J connectivity index is 1.93. The second kappa shape index (κ2) is 6.70. The highest BCUT2D eigenvalue weighted by molar-refractivity contribution is 5.79. The molecule has 3 aromatic rings. The van der Waals surface area contributed by atoms with E-state index in [0.29, 0.717) is 29.4 Å². The van der Waals surface area contributed by atoms with Crippen LogP contribution in [0.2, 0.25) is 0 Å². The van der Waals surface area contributed by atoms with Gasteiger partial charge in [-0.3, -0.25) is 0 Å². The van der Waals surface area contributed by atoms with Crippen molar-refractivity contribution < 1.29 is 18.9 Å². The van der Waals surface area contributed by atoms with Gasteiger partial charge in [-0.2, -0.15) is 0 Å². The number of fused-ring (bicyclic) bond motifs is 1. The summed E-state index contributed by atoms with van der Waals surface area (Å²) in [6.07, 6.45) is 0.652. The Morgan fingerprint density at radius 3 is 2.08 bits per heavy atom. The van der Waals surface area contributed by atoms with Crippen LogP contribution in [0, 0.1) is 0 Å². The Hall–Kier alpha value is -2.89. The topological polar surface area (TPSA) is 65.6 Å². The van der Waals surface area contributed by atoms with Gasteiger partial charge in [-0.05, 0) is 17.7 Å². The van der Waals surface area contributed by atoms with Crippen molar-refractivity contribution >= 4 is 11.0 Å². The fourth-order valence-electron chi connectivity index (χ4n) is 2.66. The van der Waals surface area contributed by atoms with E-state index in [0.717, 1.165) is 22.4 Å². The molecule has 126 valence electrons.